The monoisotopic (exact) mass is 208 g/mol. The summed E-state index contributed by atoms with van der Waals surface area (Å²) in [5.41, 5.74) is 2.76. The Balaban J connectivity index is 2.13. The van der Waals surface area contributed by atoms with E-state index in [4.69, 9.17) is 11.6 Å². The van der Waals surface area contributed by atoms with Crippen molar-refractivity contribution in [3.63, 3.8) is 0 Å². The third kappa shape index (κ3) is 2.30. The van der Waals surface area contributed by atoms with Gasteiger partial charge in [0.1, 0.15) is 0 Å². The highest BCUT2D eigenvalue weighted by Crippen LogP contribution is 2.32. The SMILES string of the molecule is ClCc1cccc(C2CCCCC2)c1. The van der Waals surface area contributed by atoms with Crippen LogP contribution in [0.2, 0.25) is 0 Å². The van der Waals surface area contributed by atoms with Crippen molar-refractivity contribution in [2.75, 3.05) is 0 Å². The van der Waals surface area contributed by atoms with Crippen molar-refractivity contribution >= 4 is 11.6 Å². The van der Waals surface area contributed by atoms with E-state index in [2.05, 4.69) is 24.3 Å². The molecule has 0 radical (unpaired) electrons. The number of hydrogen-bond donors (Lipinski definition) is 0. The second kappa shape index (κ2) is 4.84. The van der Waals surface area contributed by atoms with Crippen molar-refractivity contribution in [2.24, 2.45) is 0 Å². The van der Waals surface area contributed by atoms with Gasteiger partial charge in [-0.2, -0.15) is 0 Å². The Kier molecular flexibility index (Phi) is 3.47. The van der Waals surface area contributed by atoms with E-state index in [1.165, 1.54) is 43.2 Å². The molecule has 0 unspecified atom stereocenters. The summed E-state index contributed by atoms with van der Waals surface area (Å²) in [6.45, 7) is 0. The molecule has 0 aliphatic heterocycles. The molecule has 76 valence electrons. The van der Waals surface area contributed by atoms with Gasteiger partial charge in [-0.25, -0.2) is 0 Å². The first-order chi connectivity index (χ1) is 6.90. The first-order valence-corrected chi connectivity index (χ1v) is 6.08. The van der Waals surface area contributed by atoms with Gasteiger partial charge in [0.25, 0.3) is 0 Å². The molecule has 1 aromatic carbocycles. The average Bonchev–Trinajstić information content (AvgIpc) is 2.30. The summed E-state index contributed by atoms with van der Waals surface area (Å²) in [4.78, 5) is 0. The van der Waals surface area contributed by atoms with Gasteiger partial charge in [-0.1, -0.05) is 43.5 Å². The van der Waals surface area contributed by atoms with Crippen LogP contribution in [0.15, 0.2) is 24.3 Å². The molecule has 0 bridgehead atoms. The topological polar surface area (TPSA) is 0 Å². The molecule has 1 aliphatic carbocycles. The van der Waals surface area contributed by atoms with Gasteiger partial charge >= 0.3 is 0 Å². The molecule has 2 rings (SSSR count). The van der Waals surface area contributed by atoms with E-state index in [-0.39, 0.29) is 0 Å². The Labute approximate surface area is 91.3 Å². The second-order valence-corrected chi connectivity index (χ2v) is 4.48. The molecule has 1 heteroatoms. The predicted octanol–water partition coefficient (Wildman–Crippen LogP) is 4.47. The fourth-order valence-electron chi connectivity index (χ4n) is 2.37. The minimum absolute atomic E-state index is 0.639. The molecule has 1 aliphatic rings. The van der Waals surface area contributed by atoms with Crippen LogP contribution >= 0.6 is 11.6 Å². The summed E-state index contributed by atoms with van der Waals surface area (Å²) in [6, 6.07) is 8.79. The van der Waals surface area contributed by atoms with Crippen molar-refractivity contribution in [3.8, 4) is 0 Å². The fourth-order valence-corrected chi connectivity index (χ4v) is 2.53. The molecule has 0 atom stereocenters. The fraction of sp³-hybridized carbons (Fsp3) is 0.538. The third-order valence-electron chi connectivity index (χ3n) is 3.18. The zero-order valence-electron chi connectivity index (χ0n) is 8.51. The van der Waals surface area contributed by atoms with E-state index < -0.39 is 0 Å². The maximum Gasteiger partial charge on any atom is 0.0474 e. The second-order valence-electron chi connectivity index (χ2n) is 4.21. The number of hydrogen-bond acceptors (Lipinski definition) is 0. The molecule has 1 aromatic rings. The van der Waals surface area contributed by atoms with Crippen LogP contribution in [0.3, 0.4) is 0 Å². The first kappa shape index (κ1) is 10.0. The molecule has 1 fully saturated rings. The van der Waals surface area contributed by atoms with E-state index in [1.54, 1.807) is 0 Å². The number of rotatable bonds is 2. The van der Waals surface area contributed by atoms with Crippen LogP contribution in [-0.2, 0) is 5.88 Å². The van der Waals surface area contributed by atoms with Crippen LogP contribution in [-0.4, -0.2) is 0 Å². The van der Waals surface area contributed by atoms with Crippen LogP contribution < -0.4 is 0 Å². The normalized spacial score (nSPS) is 18.4. The van der Waals surface area contributed by atoms with E-state index in [0.29, 0.717) is 5.88 Å². The summed E-state index contributed by atoms with van der Waals surface area (Å²) in [5, 5.41) is 0. The molecule has 0 heterocycles. The maximum atomic E-state index is 5.84. The minimum atomic E-state index is 0.639. The summed E-state index contributed by atoms with van der Waals surface area (Å²) >= 11 is 5.84. The molecular formula is C13H17Cl. The van der Waals surface area contributed by atoms with Crippen LogP contribution in [0, 0.1) is 0 Å². The molecule has 14 heavy (non-hydrogen) atoms. The lowest BCUT2D eigenvalue weighted by Crippen LogP contribution is -2.04. The van der Waals surface area contributed by atoms with Crippen molar-refractivity contribution in [2.45, 2.75) is 43.9 Å². The Morgan fingerprint density at radius 2 is 1.93 bits per heavy atom. The molecule has 0 saturated heterocycles. The molecule has 0 N–H and O–H groups in total. The third-order valence-corrected chi connectivity index (χ3v) is 3.49. The van der Waals surface area contributed by atoms with E-state index in [9.17, 15) is 0 Å². The van der Waals surface area contributed by atoms with Crippen LogP contribution in [0.1, 0.15) is 49.1 Å². The summed E-state index contributed by atoms with van der Waals surface area (Å²) in [6.07, 6.45) is 6.95. The highest BCUT2D eigenvalue weighted by Gasteiger charge is 2.15. The first-order valence-electron chi connectivity index (χ1n) is 5.55. The van der Waals surface area contributed by atoms with Crippen LogP contribution in [0.4, 0.5) is 0 Å². The Hall–Kier alpha value is -0.490. The number of halogens is 1. The van der Waals surface area contributed by atoms with E-state index >= 15 is 0 Å². The van der Waals surface area contributed by atoms with Gasteiger partial charge in [0, 0.05) is 5.88 Å². The Morgan fingerprint density at radius 3 is 2.64 bits per heavy atom. The molecule has 0 nitrogen and oxygen atoms in total. The summed E-state index contributed by atoms with van der Waals surface area (Å²) in [5.74, 6) is 1.44. The van der Waals surface area contributed by atoms with Gasteiger partial charge in [0.15, 0.2) is 0 Å². The summed E-state index contributed by atoms with van der Waals surface area (Å²) in [7, 11) is 0. The van der Waals surface area contributed by atoms with Crippen molar-refractivity contribution < 1.29 is 0 Å². The van der Waals surface area contributed by atoms with Gasteiger partial charge in [0.05, 0.1) is 0 Å². The quantitative estimate of drug-likeness (QED) is 0.629. The van der Waals surface area contributed by atoms with Crippen LogP contribution in [0.25, 0.3) is 0 Å². The molecule has 0 aromatic heterocycles. The lowest BCUT2D eigenvalue weighted by molar-refractivity contribution is 0.443. The highest BCUT2D eigenvalue weighted by molar-refractivity contribution is 6.17. The standard InChI is InChI=1S/C13H17Cl/c14-10-11-5-4-8-13(9-11)12-6-2-1-3-7-12/h4-5,8-9,12H,1-3,6-7,10H2. The highest BCUT2D eigenvalue weighted by atomic mass is 35.5. The van der Waals surface area contributed by atoms with Crippen molar-refractivity contribution in [1.82, 2.24) is 0 Å². The van der Waals surface area contributed by atoms with Crippen molar-refractivity contribution in [1.29, 1.82) is 0 Å². The van der Waals surface area contributed by atoms with Gasteiger partial charge in [-0.15, -0.1) is 11.6 Å². The summed E-state index contributed by atoms with van der Waals surface area (Å²) < 4.78 is 0. The number of benzene rings is 1. The Morgan fingerprint density at radius 1 is 1.14 bits per heavy atom. The molecule has 0 spiro atoms. The van der Waals surface area contributed by atoms with Gasteiger partial charge in [-0.05, 0) is 29.9 Å². The Bertz CT molecular complexity index is 287. The average molecular weight is 209 g/mol. The van der Waals surface area contributed by atoms with E-state index in [1.807, 2.05) is 0 Å². The number of alkyl halides is 1. The zero-order valence-corrected chi connectivity index (χ0v) is 9.26. The van der Waals surface area contributed by atoms with Gasteiger partial charge in [0.2, 0.25) is 0 Å². The smallest absolute Gasteiger partial charge is 0.0474 e. The predicted molar refractivity (Wildman–Crippen MR) is 61.8 cm³/mol. The van der Waals surface area contributed by atoms with Gasteiger partial charge in [-0.3, -0.25) is 0 Å². The van der Waals surface area contributed by atoms with Crippen molar-refractivity contribution in [3.05, 3.63) is 35.4 Å². The maximum absolute atomic E-state index is 5.84. The van der Waals surface area contributed by atoms with Gasteiger partial charge < -0.3 is 0 Å². The van der Waals surface area contributed by atoms with Crippen LogP contribution in [0.5, 0.6) is 0 Å². The zero-order chi connectivity index (χ0) is 9.80. The van der Waals surface area contributed by atoms with E-state index in [0.717, 1.165) is 5.92 Å². The minimum Gasteiger partial charge on any atom is -0.122 e. The largest absolute Gasteiger partial charge is 0.122 e. The molecule has 1 saturated carbocycles. The molecular weight excluding hydrogens is 192 g/mol. The lowest BCUT2D eigenvalue weighted by Gasteiger charge is -2.22. The lowest BCUT2D eigenvalue weighted by atomic mass is 9.84. The molecule has 0 amide bonds.